The molecule has 1 unspecified atom stereocenters. The number of hydrogen-bond donors (Lipinski definition) is 2. The van der Waals surface area contributed by atoms with Crippen LogP contribution < -0.4 is 10.1 Å². The molecule has 8 nitrogen and oxygen atoms in total. The van der Waals surface area contributed by atoms with Crippen LogP contribution in [0, 0.1) is 0 Å². The van der Waals surface area contributed by atoms with Crippen LogP contribution in [0.5, 0.6) is 5.75 Å². The topological polar surface area (TPSA) is 113 Å². The highest BCUT2D eigenvalue weighted by atomic mass is 16.5. The van der Waals surface area contributed by atoms with Gasteiger partial charge in [-0.25, -0.2) is 0 Å². The summed E-state index contributed by atoms with van der Waals surface area (Å²) in [6.07, 6.45) is 0.408. The van der Waals surface area contributed by atoms with Crippen molar-refractivity contribution in [3.63, 3.8) is 0 Å². The molecule has 0 aromatic heterocycles. The molecule has 1 saturated heterocycles. The normalized spacial score (nSPS) is 19.9. The zero-order valence-electron chi connectivity index (χ0n) is 12.8. The van der Waals surface area contributed by atoms with Gasteiger partial charge >= 0.3 is 5.97 Å². The second-order valence-electron chi connectivity index (χ2n) is 5.71. The van der Waals surface area contributed by atoms with Crippen LogP contribution in [0.25, 0.3) is 0 Å². The molecule has 1 fully saturated rings. The van der Waals surface area contributed by atoms with Crippen LogP contribution in [0.2, 0.25) is 0 Å². The minimum Gasteiger partial charge on any atom is -0.493 e. The Balaban J connectivity index is 1.71. The van der Waals surface area contributed by atoms with Crippen LogP contribution in [0.4, 0.5) is 0 Å². The third kappa shape index (κ3) is 3.08. The number of carbonyl (C=O) groups is 4. The Labute approximate surface area is 137 Å². The number of rotatable bonds is 5. The predicted octanol–water partition coefficient (Wildman–Crippen LogP) is 0.301. The molecule has 126 valence electrons. The molecular formula is C16H16N2O6. The van der Waals surface area contributed by atoms with Crippen LogP contribution in [-0.4, -0.2) is 46.3 Å². The Morgan fingerprint density at radius 2 is 2.12 bits per heavy atom. The summed E-state index contributed by atoms with van der Waals surface area (Å²) in [4.78, 5) is 47.6. The number of aliphatic carboxylic acids is 1. The number of imide groups is 1. The first-order valence-electron chi connectivity index (χ1n) is 7.58. The molecule has 0 aliphatic carbocycles. The summed E-state index contributed by atoms with van der Waals surface area (Å²) < 4.78 is 5.36. The standard InChI is InChI=1S/C16H16N2O6/c19-13-4-3-12(15(22)17-13)18-8-9-7-10(24-6-5-14(20)21)1-2-11(9)16(18)23/h1-2,7,12H,3-6,8H2,(H,20,21)(H,17,19,22). The van der Waals surface area contributed by atoms with E-state index in [1.165, 1.54) is 4.90 Å². The maximum Gasteiger partial charge on any atom is 0.306 e. The van der Waals surface area contributed by atoms with E-state index in [0.717, 1.165) is 5.56 Å². The van der Waals surface area contributed by atoms with Gasteiger partial charge in [0.15, 0.2) is 0 Å². The first-order chi connectivity index (χ1) is 11.5. The summed E-state index contributed by atoms with van der Waals surface area (Å²) >= 11 is 0. The molecule has 2 aliphatic heterocycles. The fourth-order valence-corrected chi connectivity index (χ4v) is 2.90. The lowest BCUT2D eigenvalue weighted by molar-refractivity contribution is -0.138. The number of carbonyl (C=O) groups excluding carboxylic acids is 3. The molecule has 1 atom stereocenters. The van der Waals surface area contributed by atoms with E-state index in [2.05, 4.69) is 5.32 Å². The third-order valence-corrected chi connectivity index (χ3v) is 4.08. The first kappa shape index (κ1) is 16.0. The number of amides is 3. The molecule has 0 radical (unpaired) electrons. The maximum absolute atomic E-state index is 12.5. The smallest absolute Gasteiger partial charge is 0.306 e. The maximum atomic E-state index is 12.5. The van der Waals surface area contributed by atoms with Crippen LogP contribution in [0.1, 0.15) is 35.2 Å². The fourth-order valence-electron chi connectivity index (χ4n) is 2.90. The number of fused-ring (bicyclic) bond motifs is 1. The zero-order chi connectivity index (χ0) is 17.3. The molecule has 0 bridgehead atoms. The van der Waals surface area contributed by atoms with Crippen LogP contribution in [0.3, 0.4) is 0 Å². The van der Waals surface area contributed by atoms with Gasteiger partial charge in [-0.05, 0) is 30.2 Å². The Morgan fingerprint density at radius 1 is 1.33 bits per heavy atom. The van der Waals surface area contributed by atoms with Crippen molar-refractivity contribution in [1.82, 2.24) is 10.2 Å². The van der Waals surface area contributed by atoms with E-state index in [1.54, 1.807) is 18.2 Å². The highest BCUT2D eigenvalue weighted by molar-refractivity contribution is 6.05. The van der Waals surface area contributed by atoms with E-state index in [1.807, 2.05) is 0 Å². The summed E-state index contributed by atoms with van der Waals surface area (Å²) in [6, 6.07) is 4.24. The number of carboxylic acid groups (broad SMARTS) is 1. The van der Waals surface area contributed by atoms with Crippen molar-refractivity contribution in [3.8, 4) is 5.75 Å². The van der Waals surface area contributed by atoms with E-state index < -0.39 is 17.9 Å². The van der Waals surface area contributed by atoms with Crippen molar-refractivity contribution >= 4 is 23.7 Å². The fraction of sp³-hybridized carbons (Fsp3) is 0.375. The van der Waals surface area contributed by atoms with Gasteiger partial charge in [0.1, 0.15) is 11.8 Å². The zero-order valence-corrected chi connectivity index (χ0v) is 12.8. The van der Waals surface area contributed by atoms with E-state index >= 15 is 0 Å². The second kappa shape index (κ2) is 6.31. The summed E-state index contributed by atoms with van der Waals surface area (Å²) in [5, 5.41) is 10.9. The summed E-state index contributed by atoms with van der Waals surface area (Å²) in [6.45, 7) is 0.301. The van der Waals surface area contributed by atoms with Crippen molar-refractivity contribution in [2.75, 3.05) is 6.61 Å². The molecule has 2 aliphatic rings. The van der Waals surface area contributed by atoms with Gasteiger partial charge in [0.25, 0.3) is 5.91 Å². The molecule has 24 heavy (non-hydrogen) atoms. The predicted molar refractivity (Wildman–Crippen MR) is 80.2 cm³/mol. The van der Waals surface area contributed by atoms with Gasteiger partial charge in [0, 0.05) is 18.5 Å². The molecule has 2 heterocycles. The van der Waals surface area contributed by atoms with E-state index in [0.29, 0.717) is 17.7 Å². The number of hydrogen-bond acceptors (Lipinski definition) is 5. The van der Waals surface area contributed by atoms with Crippen molar-refractivity contribution in [1.29, 1.82) is 0 Å². The van der Waals surface area contributed by atoms with Crippen LogP contribution in [0.15, 0.2) is 18.2 Å². The van der Waals surface area contributed by atoms with Crippen LogP contribution in [-0.2, 0) is 20.9 Å². The third-order valence-electron chi connectivity index (χ3n) is 4.08. The van der Waals surface area contributed by atoms with Gasteiger partial charge in [-0.15, -0.1) is 0 Å². The van der Waals surface area contributed by atoms with Gasteiger partial charge in [-0.2, -0.15) is 0 Å². The number of carboxylic acids is 1. The molecule has 1 aromatic carbocycles. The molecule has 2 N–H and O–H groups in total. The highest BCUT2D eigenvalue weighted by Crippen LogP contribution is 2.30. The molecule has 3 amide bonds. The van der Waals surface area contributed by atoms with Gasteiger partial charge in [-0.3, -0.25) is 24.5 Å². The summed E-state index contributed by atoms with van der Waals surface area (Å²) in [5.74, 6) is -1.50. The Bertz CT molecular complexity index is 729. The second-order valence-corrected chi connectivity index (χ2v) is 5.71. The number of ether oxygens (including phenoxy) is 1. The summed E-state index contributed by atoms with van der Waals surface area (Å²) in [5.41, 5.74) is 1.21. The van der Waals surface area contributed by atoms with Gasteiger partial charge in [0.2, 0.25) is 11.8 Å². The molecule has 0 spiro atoms. The van der Waals surface area contributed by atoms with Crippen molar-refractivity contribution in [2.45, 2.75) is 31.8 Å². The van der Waals surface area contributed by atoms with E-state index in [-0.39, 0.29) is 37.8 Å². The molecule has 0 saturated carbocycles. The lowest BCUT2D eigenvalue weighted by atomic mass is 10.0. The minimum atomic E-state index is -0.949. The molecular weight excluding hydrogens is 316 g/mol. The lowest BCUT2D eigenvalue weighted by Crippen LogP contribution is -2.52. The minimum absolute atomic E-state index is 0.0406. The Kier molecular flexibility index (Phi) is 4.20. The van der Waals surface area contributed by atoms with Gasteiger partial charge < -0.3 is 14.7 Å². The van der Waals surface area contributed by atoms with Crippen molar-refractivity contribution in [3.05, 3.63) is 29.3 Å². The summed E-state index contributed by atoms with van der Waals surface area (Å²) in [7, 11) is 0. The van der Waals surface area contributed by atoms with Gasteiger partial charge in [0.05, 0.1) is 13.0 Å². The van der Waals surface area contributed by atoms with E-state index in [9.17, 15) is 19.2 Å². The quantitative estimate of drug-likeness (QED) is 0.750. The monoisotopic (exact) mass is 332 g/mol. The Hall–Kier alpha value is -2.90. The average Bonchev–Trinajstić information content (AvgIpc) is 2.83. The van der Waals surface area contributed by atoms with Gasteiger partial charge in [-0.1, -0.05) is 0 Å². The van der Waals surface area contributed by atoms with Crippen LogP contribution >= 0.6 is 0 Å². The van der Waals surface area contributed by atoms with E-state index in [4.69, 9.17) is 9.84 Å². The SMILES string of the molecule is O=C(O)CCOc1ccc2c(c1)CN(C1CCC(=O)NC1=O)C2=O. The van der Waals surface area contributed by atoms with Crippen molar-refractivity contribution < 1.29 is 29.0 Å². The first-order valence-corrected chi connectivity index (χ1v) is 7.58. The highest BCUT2D eigenvalue weighted by Gasteiger charge is 2.39. The largest absolute Gasteiger partial charge is 0.493 e. The van der Waals surface area contributed by atoms with Crippen molar-refractivity contribution in [2.24, 2.45) is 0 Å². The average molecular weight is 332 g/mol. The molecule has 3 rings (SSSR count). The molecule has 8 heteroatoms. The number of piperidine rings is 1. The lowest BCUT2D eigenvalue weighted by Gasteiger charge is -2.29. The number of nitrogens with zero attached hydrogens (tertiary/aromatic N) is 1. The molecule has 1 aromatic rings. The number of benzene rings is 1. The number of nitrogens with one attached hydrogen (secondary N) is 1. The Morgan fingerprint density at radius 3 is 2.83 bits per heavy atom.